The van der Waals surface area contributed by atoms with Gasteiger partial charge in [-0.1, -0.05) is 31.9 Å². The summed E-state index contributed by atoms with van der Waals surface area (Å²) in [6.07, 6.45) is 5.26. The smallest absolute Gasteiger partial charge is 0.0230 e. The Bertz CT molecular complexity index is 89.1. The second-order valence-corrected chi connectivity index (χ2v) is 6.30. The molecule has 54 valence electrons. The third kappa shape index (κ3) is 2.58. The molecular weight excluding hydrogens is 244 g/mol. The lowest BCUT2D eigenvalue weighted by Gasteiger charge is -2.29. The van der Waals surface area contributed by atoms with Gasteiger partial charge in [0.15, 0.2) is 0 Å². The average molecular weight is 256 g/mol. The van der Waals surface area contributed by atoms with Crippen molar-refractivity contribution >= 4 is 31.9 Å². The standard InChI is InChI=1S/C7H12Br2/c1-7(9)4-2-6(8)3-5-7/h6H,2-5H2,1H3. The molecular formula is C7H12Br2. The highest BCUT2D eigenvalue weighted by Crippen LogP contribution is 2.37. The van der Waals surface area contributed by atoms with Crippen LogP contribution in [0.2, 0.25) is 0 Å². The first-order valence-electron chi connectivity index (χ1n) is 3.43. The summed E-state index contributed by atoms with van der Waals surface area (Å²) in [6, 6.07) is 0. The Kier molecular flexibility index (Phi) is 2.61. The predicted molar refractivity (Wildman–Crippen MR) is 48.5 cm³/mol. The molecule has 0 aromatic rings. The van der Waals surface area contributed by atoms with Crippen molar-refractivity contribution in [2.75, 3.05) is 0 Å². The fraction of sp³-hybridized carbons (Fsp3) is 1.00. The highest BCUT2D eigenvalue weighted by atomic mass is 79.9. The third-order valence-electron chi connectivity index (χ3n) is 1.96. The van der Waals surface area contributed by atoms with Crippen LogP contribution in [0.5, 0.6) is 0 Å². The number of hydrogen-bond donors (Lipinski definition) is 0. The van der Waals surface area contributed by atoms with Crippen molar-refractivity contribution in [2.24, 2.45) is 0 Å². The first-order chi connectivity index (χ1) is 4.10. The molecule has 0 spiro atoms. The molecule has 0 bridgehead atoms. The largest absolute Gasteiger partial charge is 0.0891 e. The monoisotopic (exact) mass is 254 g/mol. The van der Waals surface area contributed by atoms with Crippen LogP contribution in [0.4, 0.5) is 0 Å². The molecule has 2 heteroatoms. The van der Waals surface area contributed by atoms with Gasteiger partial charge in [-0.05, 0) is 32.6 Å². The molecule has 0 aromatic heterocycles. The summed E-state index contributed by atoms with van der Waals surface area (Å²) in [4.78, 5) is 0.781. The summed E-state index contributed by atoms with van der Waals surface area (Å²) in [6.45, 7) is 2.28. The van der Waals surface area contributed by atoms with E-state index in [1.54, 1.807) is 0 Å². The molecule has 1 fully saturated rings. The van der Waals surface area contributed by atoms with Crippen LogP contribution in [0.25, 0.3) is 0 Å². The maximum Gasteiger partial charge on any atom is 0.0230 e. The Hall–Kier alpha value is 0.960. The molecule has 0 heterocycles. The van der Waals surface area contributed by atoms with Crippen LogP contribution in [-0.2, 0) is 0 Å². The van der Waals surface area contributed by atoms with Gasteiger partial charge in [0, 0.05) is 9.15 Å². The van der Waals surface area contributed by atoms with E-state index in [2.05, 4.69) is 38.8 Å². The van der Waals surface area contributed by atoms with Crippen LogP contribution >= 0.6 is 31.9 Å². The van der Waals surface area contributed by atoms with E-state index in [1.807, 2.05) is 0 Å². The maximum atomic E-state index is 3.70. The molecule has 0 aromatic carbocycles. The molecule has 0 unspecified atom stereocenters. The van der Waals surface area contributed by atoms with Crippen molar-refractivity contribution in [3.05, 3.63) is 0 Å². The average Bonchev–Trinajstić information content (AvgIpc) is 1.78. The summed E-state index contributed by atoms with van der Waals surface area (Å²) in [5, 5.41) is 0. The Morgan fingerprint density at radius 1 is 1.33 bits per heavy atom. The minimum Gasteiger partial charge on any atom is -0.0891 e. The number of halogens is 2. The molecule has 0 amide bonds. The first-order valence-corrected chi connectivity index (χ1v) is 5.14. The van der Waals surface area contributed by atoms with Gasteiger partial charge in [-0.2, -0.15) is 0 Å². The number of rotatable bonds is 0. The molecule has 0 N–H and O–H groups in total. The fourth-order valence-electron chi connectivity index (χ4n) is 1.18. The van der Waals surface area contributed by atoms with Crippen molar-refractivity contribution in [3.8, 4) is 0 Å². The van der Waals surface area contributed by atoms with Gasteiger partial charge in [0.1, 0.15) is 0 Å². The molecule has 9 heavy (non-hydrogen) atoms. The molecule has 1 aliphatic carbocycles. The van der Waals surface area contributed by atoms with E-state index in [0.717, 1.165) is 4.83 Å². The summed E-state index contributed by atoms with van der Waals surface area (Å²) in [7, 11) is 0. The minimum atomic E-state index is 0.442. The van der Waals surface area contributed by atoms with Crippen LogP contribution in [0.1, 0.15) is 32.6 Å². The SMILES string of the molecule is CC1(Br)CCC(Br)CC1. The van der Waals surface area contributed by atoms with Gasteiger partial charge < -0.3 is 0 Å². The van der Waals surface area contributed by atoms with E-state index in [0.29, 0.717) is 4.32 Å². The molecule has 1 aliphatic rings. The predicted octanol–water partition coefficient (Wildman–Crippen LogP) is 3.48. The van der Waals surface area contributed by atoms with E-state index < -0.39 is 0 Å². The molecule has 0 saturated heterocycles. The van der Waals surface area contributed by atoms with Gasteiger partial charge in [-0.25, -0.2) is 0 Å². The summed E-state index contributed by atoms with van der Waals surface area (Å²) < 4.78 is 0.442. The zero-order valence-electron chi connectivity index (χ0n) is 5.66. The lowest BCUT2D eigenvalue weighted by atomic mass is 9.91. The molecule has 1 rings (SSSR count). The zero-order chi connectivity index (χ0) is 6.91. The maximum absolute atomic E-state index is 3.70. The van der Waals surface area contributed by atoms with Crippen molar-refractivity contribution in [1.29, 1.82) is 0 Å². The van der Waals surface area contributed by atoms with Gasteiger partial charge in [0.25, 0.3) is 0 Å². The first kappa shape index (κ1) is 8.06. The van der Waals surface area contributed by atoms with Crippen LogP contribution in [0.3, 0.4) is 0 Å². The van der Waals surface area contributed by atoms with E-state index in [4.69, 9.17) is 0 Å². The van der Waals surface area contributed by atoms with Crippen LogP contribution in [-0.4, -0.2) is 9.15 Å². The van der Waals surface area contributed by atoms with Crippen molar-refractivity contribution in [1.82, 2.24) is 0 Å². The summed E-state index contributed by atoms with van der Waals surface area (Å²) >= 11 is 7.32. The Labute approximate surface area is 73.7 Å². The van der Waals surface area contributed by atoms with Gasteiger partial charge in [0.05, 0.1) is 0 Å². The second-order valence-electron chi connectivity index (χ2n) is 3.09. The topological polar surface area (TPSA) is 0 Å². The Morgan fingerprint density at radius 2 is 1.78 bits per heavy atom. The number of alkyl halides is 2. The minimum absolute atomic E-state index is 0.442. The number of hydrogen-bond acceptors (Lipinski definition) is 0. The van der Waals surface area contributed by atoms with Crippen LogP contribution in [0.15, 0.2) is 0 Å². The molecule has 0 nitrogen and oxygen atoms in total. The Morgan fingerprint density at radius 3 is 2.11 bits per heavy atom. The molecule has 0 atom stereocenters. The third-order valence-corrected chi connectivity index (χ3v) is 3.67. The van der Waals surface area contributed by atoms with Crippen molar-refractivity contribution in [2.45, 2.75) is 41.8 Å². The van der Waals surface area contributed by atoms with Gasteiger partial charge >= 0.3 is 0 Å². The second kappa shape index (κ2) is 2.91. The summed E-state index contributed by atoms with van der Waals surface area (Å²) in [5.41, 5.74) is 0. The van der Waals surface area contributed by atoms with Gasteiger partial charge in [0.2, 0.25) is 0 Å². The molecule has 0 aliphatic heterocycles. The highest BCUT2D eigenvalue weighted by molar-refractivity contribution is 9.10. The zero-order valence-corrected chi connectivity index (χ0v) is 8.83. The van der Waals surface area contributed by atoms with Crippen LogP contribution in [0, 0.1) is 0 Å². The van der Waals surface area contributed by atoms with Gasteiger partial charge in [-0.3, -0.25) is 0 Å². The van der Waals surface area contributed by atoms with E-state index in [-0.39, 0.29) is 0 Å². The lowest BCUT2D eigenvalue weighted by Crippen LogP contribution is -2.24. The van der Waals surface area contributed by atoms with E-state index in [1.165, 1.54) is 25.7 Å². The molecule has 0 radical (unpaired) electrons. The lowest BCUT2D eigenvalue weighted by molar-refractivity contribution is 0.442. The highest BCUT2D eigenvalue weighted by Gasteiger charge is 2.26. The Balaban J connectivity index is 2.35. The van der Waals surface area contributed by atoms with E-state index >= 15 is 0 Å². The van der Waals surface area contributed by atoms with Crippen molar-refractivity contribution in [3.63, 3.8) is 0 Å². The van der Waals surface area contributed by atoms with E-state index in [9.17, 15) is 0 Å². The van der Waals surface area contributed by atoms with Crippen LogP contribution < -0.4 is 0 Å². The quantitative estimate of drug-likeness (QED) is 0.582. The normalized spacial score (nSPS) is 45.0. The van der Waals surface area contributed by atoms with Crippen molar-refractivity contribution < 1.29 is 0 Å². The van der Waals surface area contributed by atoms with Gasteiger partial charge in [-0.15, -0.1) is 0 Å². The fourth-order valence-corrected chi connectivity index (χ4v) is 2.10. The molecule has 1 saturated carbocycles. The summed E-state index contributed by atoms with van der Waals surface area (Å²) in [5.74, 6) is 0.